The van der Waals surface area contributed by atoms with Gasteiger partial charge in [-0.2, -0.15) is 22.7 Å². The van der Waals surface area contributed by atoms with Crippen LogP contribution >= 0.6 is 34.0 Å². The summed E-state index contributed by atoms with van der Waals surface area (Å²) in [5.74, 6) is 0. The van der Waals surface area contributed by atoms with Crippen molar-refractivity contribution >= 4 is 43.5 Å². The van der Waals surface area contributed by atoms with Gasteiger partial charge in [0.15, 0.2) is 0 Å². The first-order valence-electron chi connectivity index (χ1n) is 8.27. The molecule has 3 nitrogen and oxygen atoms in total. The summed E-state index contributed by atoms with van der Waals surface area (Å²) >= 11 is 5.32. The normalized spacial score (nSPS) is 10.7. The Labute approximate surface area is 163 Å². The van der Waals surface area contributed by atoms with E-state index in [4.69, 9.17) is 13.3 Å². The third-order valence-corrected chi connectivity index (χ3v) is 7.34. The van der Waals surface area contributed by atoms with E-state index >= 15 is 0 Å². The van der Waals surface area contributed by atoms with Crippen LogP contribution in [-0.2, 0) is 13.3 Å². The summed E-state index contributed by atoms with van der Waals surface area (Å²) in [6, 6.07) is 6.58. The molecule has 0 amide bonds. The van der Waals surface area contributed by atoms with Crippen LogP contribution in [0.5, 0.6) is 0 Å². The standard InChI is InChI=1S/C12H8S3.C6H16O3Si/c1-4-13-7-9(1)11-3-6-15-12(11)10-2-5-14-8-10;1-4-7-10(8-5-2)9-6-3/h1-8H;10H,4-6H2,1-3H3. The molecule has 3 heterocycles. The van der Waals surface area contributed by atoms with Crippen LogP contribution in [-0.4, -0.2) is 29.3 Å². The molecule has 0 bridgehead atoms. The van der Waals surface area contributed by atoms with Gasteiger partial charge in [0.2, 0.25) is 0 Å². The molecule has 3 aromatic rings. The van der Waals surface area contributed by atoms with E-state index in [1.165, 1.54) is 21.6 Å². The van der Waals surface area contributed by atoms with Gasteiger partial charge in [-0.1, -0.05) is 0 Å². The first-order valence-corrected chi connectivity index (χ1v) is 12.4. The highest BCUT2D eigenvalue weighted by Gasteiger charge is 2.11. The maximum atomic E-state index is 5.22. The van der Waals surface area contributed by atoms with Gasteiger partial charge in [0.05, 0.1) is 0 Å². The molecule has 0 aliphatic carbocycles. The Balaban J connectivity index is 0.000000199. The van der Waals surface area contributed by atoms with Crippen LogP contribution in [0.3, 0.4) is 0 Å². The van der Waals surface area contributed by atoms with Gasteiger partial charge in [0.1, 0.15) is 0 Å². The number of thiophene rings is 3. The summed E-state index contributed by atoms with van der Waals surface area (Å²) in [5.41, 5.74) is 4.04. The fourth-order valence-corrected chi connectivity index (χ4v) is 5.52. The zero-order chi connectivity index (χ0) is 17.9. The molecule has 0 spiro atoms. The summed E-state index contributed by atoms with van der Waals surface area (Å²) in [5, 5.41) is 10.8. The molecule has 136 valence electrons. The van der Waals surface area contributed by atoms with Crippen molar-refractivity contribution in [1.29, 1.82) is 0 Å². The Morgan fingerprint density at radius 3 is 1.80 bits per heavy atom. The van der Waals surface area contributed by atoms with Gasteiger partial charge in [-0.15, -0.1) is 11.3 Å². The largest absolute Gasteiger partial charge is 0.484 e. The molecule has 0 aromatic carbocycles. The van der Waals surface area contributed by atoms with Crippen LogP contribution in [0.15, 0.2) is 45.1 Å². The first kappa shape index (κ1) is 20.5. The van der Waals surface area contributed by atoms with Crippen molar-refractivity contribution in [3.63, 3.8) is 0 Å². The summed E-state index contributed by atoms with van der Waals surface area (Å²) in [6.45, 7) is 7.86. The minimum atomic E-state index is -1.73. The van der Waals surface area contributed by atoms with Gasteiger partial charge in [0.25, 0.3) is 0 Å². The van der Waals surface area contributed by atoms with Crippen molar-refractivity contribution < 1.29 is 13.3 Å². The lowest BCUT2D eigenvalue weighted by Crippen LogP contribution is -2.27. The molecule has 0 saturated heterocycles. The van der Waals surface area contributed by atoms with Crippen LogP contribution in [0, 0.1) is 0 Å². The van der Waals surface area contributed by atoms with Gasteiger partial charge in [-0.05, 0) is 71.4 Å². The van der Waals surface area contributed by atoms with Crippen molar-refractivity contribution in [3.05, 3.63) is 45.1 Å². The Morgan fingerprint density at radius 2 is 1.32 bits per heavy atom. The first-order chi connectivity index (χ1) is 12.3. The Morgan fingerprint density at radius 1 is 0.760 bits per heavy atom. The predicted octanol–water partition coefficient (Wildman–Crippen LogP) is 6.02. The second kappa shape index (κ2) is 11.7. The smallest absolute Gasteiger partial charge is 0.376 e. The van der Waals surface area contributed by atoms with Crippen LogP contribution in [0.2, 0.25) is 0 Å². The molecular weight excluding hydrogens is 388 g/mol. The second-order valence-corrected chi connectivity index (χ2v) is 8.90. The summed E-state index contributed by atoms with van der Waals surface area (Å²) < 4.78 is 15.7. The molecule has 0 aliphatic heterocycles. The monoisotopic (exact) mass is 412 g/mol. The molecule has 0 atom stereocenters. The lowest BCUT2D eigenvalue weighted by Gasteiger charge is -2.12. The highest BCUT2D eigenvalue weighted by Crippen LogP contribution is 2.38. The van der Waals surface area contributed by atoms with Crippen LogP contribution in [0.1, 0.15) is 20.8 Å². The lowest BCUT2D eigenvalue weighted by molar-refractivity contribution is 0.107. The molecule has 0 radical (unpaired) electrons. The lowest BCUT2D eigenvalue weighted by atomic mass is 10.1. The van der Waals surface area contributed by atoms with Crippen LogP contribution in [0.25, 0.3) is 21.6 Å². The van der Waals surface area contributed by atoms with E-state index in [2.05, 4.69) is 45.1 Å². The maximum absolute atomic E-state index is 5.22. The average Bonchev–Trinajstić information content (AvgIpc) is 3.36. The number of rotatable bonds is 8. The third-order valence-electron chi connectivity index (χ3n) is 3.19. The average molecular weight is 413 g/mol. The highest BCUT2D eigenvalue weighted by atomic mass is 32.1. The van der Waals surface area contributed by atoms with Crippen molar-refractivity contribution in [2.24, 2.45) is 0 Å². The third kappa shape index (κ3) is 6.45. The predicted molar refractivity (Wildman–Crippen MR) is 113 cm³/mol. The van der Waals surface area contributed by atoms with Gasteiger partial charge >= 0.3 is 9.53 Å². The van der Waals surface area contributed by atoms with Gasteiger partial charge in [-0.3, -0.25) is 0 Å². The Kier molecular flexibility index (Phi) is 9.63. The fraction of sp³-hybridized carbons (Fsp3) is 0.333. The number of hydrogen-bond acceptors (Lipinski definition) is 6. The fourth-order valence-electron chi connectivity index (χ4n) is 2.12. The molecule has 0 unspecified atom stereocenters. The SMILES string of the molecule is CCO[SiH](OCC)OCC.c1cc(-c2ccsc2-c2ccsc2)cs1. The molecule has 0 N–H and O–H groups in total. The second-order valence-electron chi connectivity index (χ2n) is 4.84. The topological polar surface area (TPSA) is 27.7 Å². The van der Waals surface area contributed by atoms with Crippen molar-refractivity contribution in [1.82, 2.24) is 0 Å². The van der Waals surface area contributed by atoms with Crippen molar-refractivity contribution in [2.45, 2.75) is 20.8 Å². The van der Waals surface area contributed by atoms with Gasteiger partial charge in [0, 0.05) is 35.8 Å². The van der Waals surface area contributed by atoms with E-state index in [0.717, 1.165) is 0 Å². The summed E-state index contributed by atoms with van der Waals surface area (Å²) in [6.07, 6.45) is 0. The minimum Gasteiger partial charge on any atom is -0.376 e. The molecule has 3 aromatic heterocycles. The van der Waals surface area contributed by atoms with Crippen molar-refractivity contribution in [3.8, 4) is 21.6 Å². The van der Waals surface area contributed by atoms with Crippen molar-refractivity contribution in [2.75, 3.05) is 19.8 Å². The minimum absolute atomic E-state index is 0.677. The van der Waals surface area contributed by atoms with E-state index in [0.29, 0.717) is 19.8 Å². The molecule has 0 saturated carbocycles. The molecule has 0 aliphatic rings. The summed E-state index contributed by atoms with van der Waals surface area (Å²) in [7, 11) is -1.73. The Hall–Kier alpha value is -0.803. The molecule has 0 fully saturated rings. The van der Waals surface area contributed by atoms with Gasteiger partial charge < -0.3 is 13.3 Å². The van der Waals surface area contributed by atoms with E-state index < -0.39 is 9.53 Å². The number of hydrogen-bond donors (Lipinski definition) is 0. The zero-order valence-electron chi connectivity index (χ0n) is 14.8. The van der Waals surface area contributed by atoms with Crippen LogP contribution in [0.4, 0.5) is 0 Å². The molecule has 3 rings (SSSR count). The molecule has 7 heteroatoms. The van der Waals surface area contributed by atoms with E-state index in [1.54, 1.807) is 22.7 Å². The molecule has 25 heavy (non-hydrogen) atoms. The van der Waals surface area contributed by atoms with Crippen LogP contribution < -0.4 is 0 Å². The van der Waals surface area contributed by atoms with E-state index in [9.17, 15) is 0 Å². The Bertz CT molecular complexity index is 617. The zero-order valence-corrected chi connectivity index (χ0v) is 18.4. The quantitative estimate of drug-likeness (QED) is 0.424. The molecular formula is C18H24O3S3Si. The van der Waals surface area contributed by atoms with Gasteiger partial charge in [-0.25, -0.2) is 0 Å². The van der Waals surface area contributed by atoms with E-state index in [1.807, 2.05) is 32.1 Å². The summed E-state index contributed by atoms with van der Waals surface area (Å²) in [4.78, 5) is 1.38. The highest BCUT2D eigenvalue weighted by molar-refractivity contribution is 7.15. The van der Waals surface area contributed by atoms with E-state index in [-0.39, 0.29) is 0 Å². The maximum Gasteiger partial charge on any atom is 0.484 e.